The molecule has 1 N–H and O–H groups in total. The van der Waals surface area contributed by atoms with Crippen molar-refractivity contribution in [2.24, 2.45) is 5.92 Å². The third-order valence-corrected chi connectivity index (χ3v) is 4.20. The number of aromatic nitrogens is 2. The van der Waals surface area contributed by atoms with Crippen molar-refractivity contribution in [2.45, 2.75) is 58.1 Å². The first-order valence-electron chi connectivity index (χ1n) is 7.24. The molecule has 0 spiro atoms. The molecule has 1 aromatic rings. The molecular formula is C14H25N3O2. The van der Waals surface area contributed by atoms with Gasteiger partial charge in [-0.05, 0) is 45.1 Å². The van der Waals surface area contributed by atoms with Crippen molar-refractivity contribution in [1.29, 1.82) is 0 Å². The highest BCUT2D eigenvalue weighted by Gasteiger charge is 2.40. The zero-order valence-electron chi connectivity index (χ0n) is 12.4. The van der Waals surface area contributed by atoms with Gasteiger partial charge in [0.25, 0.3) is 0 Å². The van der Waals surface area contributed by atoms with Crippen molar-refractivity contribution < 1.29 is 9.26 Å². The second kappa shape index (κ2) is 6.01. The molecule has 5 nitrogen and oxygen atoms in total. The molecule has 1 atom stereocenters. The van der Waals surface area contributed by atoms with E-state index >= 15 is 0 Å². The van der Waals surface area contributed by atoms with E-state index in [1.807, 2.05) is 6.92 Å². The standard InChI is InChI=1S/C14H25N3O2/c1-5-15-11(3)12-16-13(17-19-12)14(18-4)8-6-10(2)7-9-14/h10-11,15H,5-9H2,1-4H3. The minimum Gasteiger partial charge on any atom is -0.370 e. The van der Waals surface area contributed by atoms with Crippen molar-refractivity contribution >= 4 is 0 Å². The summed E-state index contributed by atoms with van der Waals surface area (Å²) in [6.45, 7) is 7.26. The molecule has 19 heavy (non-hydrogen) atoms. The van der Waals surface area contributed by atoms with E-state index in [-0.39, 0.29) is 11.6 Å². The maximum absolute atomic E-state index is 5.76. The van der Waals surface area contributed by atoms with Crippen LogP contribution in [0.15, 0.2) is 4.52 Å². The Kier molecular flexibility index (Phi) is 4.58. The monoisotopic (exact) mass is 267 g/mol. The first-order valence-corrected chi connectivity index (χ1v) is 7.24. The van der Waals surface area contributed by atoms with Crippen molar-refractivity contribution in [1.82, 2.24) is 15.5 Å². The highest BCUT2D eigenvalue weighted by molar-refractivity contribution is 5.05. The maximum atomic E-state index is 5.76. The Morgan fingerprint density at radius 2 is 2.16 bits per heavy atom. The van der Waals surface area contributed by atoms with E-state index < -0.39 is 0 Å². The smallest absolute Gasteiger partial charge is 0.243 e. The van der Waals surface area contributed by atoms with Crippen LogP contribution in [0.3, 0.4) is 0 Å². The van der Waals surface area contributed by atoms with Gasteiger partial charge < -0.3 is 14.6 Å². The van der Waals surface area contributed by atoms with Crippen LogP contribution < -0.4 is 5.32 Å². The fourth-order valence-electron chi connectivity index (χ4n) is 2.74. The summed E-state index contributed by atoms with van der Waals surface area (Å²) in [7, 11) is 1.75. The van der Waals surface area contributed by atoms with E-state index in [4.69, 9.17) is 9.26 Å². The predicted octanol–water partition coefficient (Wildman–Crippen LogP) is 2.79. The normalized spacial score (nSPS) is 29.4. The lowest BCUT2D eigenvalue weighted by atomic mass is 9.79. The predicted molar refractivity (Wildman–Crippen MR) is 72.7 cm³/mol. The Morgan fingerprint density at radius 1 is 1.47 bits per heavy atom. The number of nitrogens with zero attached hydrogens (tertiary/aromatic N) is 2. The van der Waals surface area contributed by atoms with Gasteiger partial charge in [0.15, 0.2) is 0 Å². The van der Waals surface area contributed by atoms with E-state index in [2.05, 4.69) is 29.3 Å². The van der Waals surface area contributed by atoms with Crippen molar-refractivity contribution in [3.8, 4) is 0 Å². The highest BCUT2D eigenvalue weighted by Crippen LogP contribution is 2.40. The van der Waals surface area contributed by atoms with Crippen LogP contribution in [-0.2, 0) is 10.3 Å². The van der Waals surface area contributed by atoms with Crippen molar-refractivity contribution in [3.05, 3.63) is 11.7 Å². The average Bonchev–Trinajstić information content (AvgIpc) is 2.91. The topological polar surface area (TPSA) is 60.2 Å². The summed E-state index contributed by atoms with van der Waals surface area (Å²) in [5.41, 5.74) is -0.347. The first kappa shape index (κ1) is 14.5. The lowest BCUT2D eigenvalue weighted by molar-refractivity contribution is -0.0609. The molecule has 0 amide bonds. The zero-order chi connectivity index (χ0) is 13.9. The Labute approximate surface area is 115 Å². The molecule has 0 bridgehead atoms. The van der Waals surface area contributed by atoms with Gasteiger partial charge in [0.1, 0.15) is 5.60 Å². The molecular weight excluding hydrogens is 242 g/mol. The van der Waals surface area contributed by atoms with Gasteiger partial charge in [-0.2, -0.15) is 4.98 Å². The second-order valence-corrected chi connectivity index (χ2v) is 5.62. The first-order chi connectivity index (χ1) is 9.11. The molecule has 5 heteroatoms. The Balaban J connectivity index is 2.15. The van der Waals surface area contributed by atoms with E-state index in [1.165, 1.54) is 0 Å². The Morgan fingerprint density at radius 3 is 2.74 bits per heavy atom. The van der Waals surface area contributed by atoms with Gasteiger partial charge in [-0.1, -0.05) is 19.0 Å². The third-order valence-electron chi connectivity index (χ3n) is 4.20. The van der Waals surface area contributed by atoms with Crippen LogP contribution in [0.5, 0.6) is 0 Å². The molecule has 0 radical (unpaired) electrons. The fourth-order valence-corrected chi connectivity index (χ4v) is 2.74. The largest absolute Gasteiger partial charge is 0.370 e. The lowest BCUT2D eigenvalue weighted by Crippen LogP contribution is -2.34. The molecule has 1 aromatic heterocycles. The lowest BCUT2D eigenvalue weighted by Gasteiger charge is -2.35. The number of ether oxygens (including phenoxy) is 1. The summed E-state index contributed by atoms with van der Waals surface area (Å²) in [6, 6.07) is 0.0858. The van der Waals surface area contributed by atoms with Gasteiger partial charge in [-0.25, -0.2) is 0 Å². The van der Waals surface area contributed by atoms with Crippen LogP contribution in [-0.4, -0.2) is 23.8 Å². The van der Waals surface area contributed by atoms with Crippen molar-refractivity contribution in [2.75, 3.05) is 13.7 Å². The SMILES string of the molecule is CCNC(C)c1nc(C2(OC)CCC(C)CC2)no1. The quantitative estimate of drug-likeness (QED) is 0.889. The van der Waals surface area contributed by atoms with Crippen LogP contribution in [0.1, 0.15) is 64.2 Å². The molecule has 0 aromatic carbocycles. The van der Waals surface area contributed by atoms with Crippen LogP contribution in [0.4, 0.5) is 0 Å². The number of nitrogens with one attached hydrogen (secondary N) is 1. The van der Waals surface area contributed by atoms with Crippen LogP contribution in [0, 0.1) is 5.92 Å². The maximum Gasteiger partial charge on any atom is 0.243 e. The number of rotatable bonds is 5. The second-order valence-electron chi connectivity index (χ2n) is 5.62. The molecule has 0 aliphatic heterocycles. The van der Waals surface area contributed by atoms with E-state index in [9.17, 15) is 0 Å². The molecule has 1 fully saturated rings. The van der Waals surface area contributed by atoms with Gasteiger partial charge in [-0.3, -0.25) is 0 Å². The molecule has 1 unspecified atom stereocenters. The van der Waals surface area contributed by atoms with Gasteiger partial charge >= 0.3 is 0 Å². The number of hydrogen-bond acceptors (Lipinski definition) is 5. The van der Waals surface area contributed by atoms with Gasteiger partial charge in [0.2, 0.25) is 11.7 Å². The van der Waals surface area contributed by atoms with Gasteiger partial charge in [-0.15, -0.1) is 0 Å². The van der Waals surface area contributed by atoms with E-state index in [1.54, 1.807) is 7.11 Å². The van der Waals surface area contributed by atoms with Crippen LogP contribution in [0.2, 0.25) is 0 Å². The van der Waals surface area contributed by atoms with Gasteiger partial charge in [0.05, 0.1) is 6.04 Å². The van der Waals surface area contributed by atoms with Crippen LogP contribution >= 0.6 is 0 Å². The average molecular weight is 267 g/mol. The summed E-state index contributed by atoms with van der Waals surface area (Å²) in [4.78, 5) is 4.56. The highest BCUT2D eigenvalue weighted by atomic mass is 16.5. The summed E-state index contributed by atoms with van der Waals surface area (Å²) < 4.78 is 11.1. The third kappa shape index (κ3) is 2.98. The summed E-state index contributed by atoms with van der Waals surface area (Å²) in [5.74, 6) is 2.11. The minimum atomic E-state index is -0.347. The molecule has 0 saturated heterocycles. The zero-order valence-corrected chi connectivity index (χ0v) is 12.4. The number of hydrogen-bond donors (Lipinski definition) is 1. The summed E-state index contributed by atoms with van der Waals surface area (Å²) in [5, 5.41) is 7.44. The van der Waals surface area contributed by atoms with Crippen LogP contribution in [0.25, 0.3) is 0 Å². The molecule has 1 aliphatic rings. The fraction of sp³-hybridized carbons (Fsp3) is 0.857. The van der Waals surface area contributed by atoms with E-state index in [0.29, 0.717) is 11.7 Å². The molecule has 108 valence electrons. The van der Waals surface area contributed by atoms with Gasteiger partial charge in [0, 0.05) is 7.11 Å². The number of methoxy groups -OCH3 is 1. The summed E-state index contributed by atoms with van der Waals surface area (Å²) >= 11 is 0. The molecule has 1 heterocycles. The van der Waals surface area contributed by atoms with E-state index in [0.717, 1.165) is 38.1 Å². The van der Waals surface area contributed by atoms with Crippen molar-refractivity contribution in [3.63, 3.8) is 0 Å². The minimum absolute atomic E-state index is 0.0858. The summed E-state index contributed by atoms with van der Waals surface area (Å²) in [6.07, 6.45) is 4.25. The Hall–Kier alpha value is -0.940. The molecule has 2 rings (SSSR count). The molecule has 1 aliphatic carbocycles. The molecule has 1 saturated carbocycles. The Bertz CT molecular complexity index is 397.